The van der Waals surface area contributed by atoms with E-state index in [-0.39, 0.29) is 11.8 Å². The van der Waals surface area contributed by atoms with Gasteiger partial charge >= 0.3 is 0 Å². The van der Waals surface area contributed by atoms with Crippen molar-refractivity contribution in [2.45, 2.75) is 6.42 Å². The molecule has 18 heavy (non-hydrogen) atoms. The van der Waals surface area contributed by atoms with E-state index < -0.39 is 0 Å². The maximum Gasteiger partial charge on any atom is 0.229 e. The molecule has 1 N–H and O–H groups in total. The number of para-hydroxylation sites is 1. The number of pyridine rings is 1. The molecular formula is C14H14N2O2. The van der Waals surface area contributed by atoms with Gasteiger partial charge < -0.3 is 10.1 Å². The molecule has 2 aromatic rings. The third-order valence-electron chi connectivity index (χ3n) is 3.19. The van der Waals surface area contributed by atoms with Gasteiger partial charge in [-0.2, -0.15) is 0 Å². The Morgan fingerprint density at radius 1 is 1.33 bits per heavy atom. The largest absolute Gasteiger partial charge is 0.381 e. The Morgan fingerprint density at radius 3 is 3.06 bits per heavy atom. The first-order chi connectivity index (χ1) is 8.84. The van der Waals surface area contributed by atoms with Crippen molar-refractivity contribution >= 4 is 22.5 Å². The molecular weight excluding hydrogens is 228 g/mol. The molecule has 1 fully saturated rings. The third-order valence-corrected chi connectivity index (χ3v) is 3.19. The highest BCUT2D eigenvalue weighted by Gasteiger charge is 2.23. The summed E-state index contributed by atoms with van der Waals surface area (Å²) in [6.07, 6.45) is 2.53. The maximum atomic E-state index is 12.0. The fraction of sp³-hybridized carbons (Fsp3) is 0.286. The van der Waals surface area contributed by atoms with E-state index in [2.05, 4.69) is 10.3 Å². The van der Waals surface area contributed by atoms with Crippen LogP contribution in [0.1, 0.15) is 6.42 Å². The minimum Gasteiger partial charge on any atom is -0.381 e. The molecule has 4 heteroatoms. The molecule has 2 heterocycles. The molecule has 1 aromatic carbocycles. The molecule has 1 aliphatic rings. The fourth-order valence-corrected chi connectivity index (χ4v) is 2.18. The molecule has 0 saturated carbocycles. The topological polar surface area (TPSA) is 51.2 Å². The highest BCUT2D eigenvalue weighted by Crippen LogP contribution is 2.22. The predicted molar refractivity (Wildman–Crippen MR) is 69.3 cm³/mol. The lowest BCUT2D eigenvalue weighted by molar-refractivity contribution is -0.119. The lowest BCUT2D eigenvalue weighted by Gasteiger charge is -2.10. The van der Waals surface area contributed by atoms with E-state index in [1.54, 1.807) is 6.20 Å². The van der Waals surface area contributed by atoms with Crippen LogP contribution in [0, 0.1) is 5.92 Å². The zero-order valence-corrected chi connectivity index (χ0v) is 9.93. The minimum atomic E-state index is -0.0380. The summed E-state index contributed by atoms with van der Waals surface area (Å²) in [4.78, 5) is 16.4. The Balaban J connectivity index is 1.88. The Hall–Kier alpha value is -1.94. The monoisotopic (exact) mass is 242 g/mol. The average molecular weight is 242 g/mol. The highest BCUT2D eigenvalue weighted by molar-refractivity contribution is 6.01. The normalized spacial score (nSPS) is 19.0. The van der Waals surface area contributed by atoms with Crippen molar-refractivity contribution in [2.75, 3.05) is 18.5 Å². The number of ether oxygens (including phenoxy) is 1. The van der Waals surface area contributed by atoms with Crippen LogP contribution in [-0.2, 0) is 9.53 Å². The zero-order valence-electron chi connectivity index (χ0n) is 9.93. The summed E-state index contributed by atoms with van der Waals surface area (Å²) >= 11 is 0. The van der Waals surface area contributed by atoms with Gasteiger partial charge in [0.2, 0.25) is 5.91 Å². The summed E-state index contributed by atoms with van der Waals surface area (Å²) in [7, 11) is 0. The summed E-state index contributed by atoms with van der Waals surface area (Å²) in [6, 6.07) is 9.65. The van der Waals surface area contributed by atoms with Gasteiger partial charge in [0, 0.05) is 18.2 Å². The van der Waals surface area contributed by atoms with Gasteiger partial charge in [0.1, 0.15) is 0 Å². The van der Waals surface area contributed by atoms with Crippen molar-refractivity contribution in [3.8, 4) is 0 Å². The molecule has 1 amide bonds. The molecule has 1 atom stereocenters. The van der Waals surface area contributed by atoms with Crippen molar-refractivity contribution in [3.63, 3.8) is 0 Å². The molecule has 1 unspecified atom stereocenters. The van der Waals surface area contributed by atoms with Crippen LogP contribution >= 0.6 is 0 Å². The van der Waals surface area contributed by atoms with E-state index in [0.29, 0.717) is 13.2 Å². The average Bonchev–Trinajstić information content (AvgIpc) is 2.93. The smallest absolute Gasteiger partial charge is 0.229 e. The number of hydrogen-bond donors (Lipinski definition) is 1. The van der Waals surface area contributed by atoms with Gasteiger partial charge in [-0.15, -0.1) is 0 Å². The number of benzene rings is 1. The van der Waals surface area contributed by atoms with Crippen molar-refractivity contribution in [1.82, 2.24) is 4.98 Å². The van der Waals surface area contributed by atoms with Crippen LogP contribution in [0.3, 0.4) is 0 Å². The van der Waals surface area contributed by atoms with Crippen LogP contribution in [0.25, 0.3) is 10.9 Å². The lowest BCUT2D eigenvalue weighted by atomic mass is 10.1. The van der Waals surface area contributed by atoms with Crippen LogP contribution in [0.4, 0.5) is 5.69 Å². The second-order valence-electron chi connectivity index (χ2n) is 4.43. The number of fused-ring (bicyclic) bond motifs is 1. The van der Waals surface area contributed by atoms with E-state index in [9.17, 15) is 4.79 Å². The number of carbonyl (C=O) groups is 1. The molecule has 92 valence electrons. The lowest BCUT2D eigenvalue weighted by Crippen LogP contribution is -2.23. The summed E-state index contributed by atoms with van der Waals surface area (Å²) in [5.41, 5.74) is 1.59. The molecule has 0 radical (unpaired) electrons. The molecule has 3 rings (SSSR count). The molecule has 1 saturated heterocycles. The third kappa shape index (κ3) is 2.07. The quantitative estimate of drug-likeness (QED) is 0.878. The van der Waals surface area contributed by atoms with Gasteiger partial charge in [0.15, 0.2) is 0 Å². The Bertz CT molecular complexity index is 572. The molecule has 0 aliphatic carbocycles. The van der Waals surface area contributed by atoms with Gasteiger partial charge in [0.25, 0.3) is 0 Å². The van der Waals surface area contributed by atoms with Gasteiger partial charge in [-0.05, 0) is 18.6 Å². The number of carbonyl (C=O) groups excluding carboxylic acids is 1. The first-order valence-electron chi connectivity index (χ1n) is 6.07. The number of amides is 1. The summed E-state index contributed by atoms with van der Waals surface area (Å²) in [5, 5.41) is 3.97. The first kappa shape index (κ1) is 11.2. The van der Waals surface area contributed by atoms with E-state index in [1.807, 2.05) is 30.3 Å². The van der Waals surface area contributed by atoms with Crippen molar-refractivity contribution in [2.24, 2.45) is 5.92 Å². The second-order valence-corrected chi connectivity index (χ2v) is 4.43. The predicted octanol–water partition coefficient (Wildman–Crippen LogP) is 2.21. The van der Waals surface area contributed by atoms with Gasteiger partial charge in [-0.25, -0.2) is 0 Å². The van der Waals surface area contributed by atoms with Crippen molar-refractivity contribution in [1.29, 1.82) is 0 Å². The van der Waals surface area contributed by atoms with Crippen molar-refractivity contribution < 1.29 is 9.53 Å². The van der Waals surface area contributed by atoms with Gasteiger partial charge in [-0.3, -0.25) is 9.78 Å². The zero-order chi connectivity index (χ0) is 12.4. The molecule has 0 bridgehead atoms. The molecule has 0 spiro atoms. The number of nitrogens with one attached hydrogen (secondary N) is 1. The van der Waals surface area contributed by atoms with Crippen molar-refractivity contribution in [3.05, 3.63) is 36.5 Å². The van der Waals surface area contributed by atoms with E-state index in [4.69, 9.17) is 4.74 Å². The number of nitrogens with zero attached hydrogens (tertiary/aromatic N) is 1. The molecule has 4 nitrogen and oxygen atoms in total. The highest BCUT2D eigenvalue weighted by atomic mass is 16.5. The number of hydrogen-bond acceptors (Lipinski definition) is 3. The number of anilines is 1. The van der Waals surface area contributed by atoms with Crippen LogP contribution in [0.5, 0.6) is 0 Å². The molecule has 1 aromatic heterocycles. The van der Waals surface area contributed by atoms with Crippen LogP contribution < -0.4 is 5.32 Å². The summed E-state index contributed by atoms with van der Waals surface area (Å²) in [6.45, 7) is 1.19. The van der Waals surface area contributed by atoms with Gasteiger partial charge in [0.05, 0.1) is 23.7 Å². The Labute approximate surface area is 105 Å². The SMILES string of the molecule is O=C(Nc1cccc2cccnc12)C1CCOC1. The van der Waals surface area contributed by atoms with Gasteiger partial charge in [-0.1, -0.05) is 18.2 Å². The fourth-order valence-electron chi connectivity index (χ4n) is 2.18. The number of rotatable bonds is 2. The minimum absolute atomic E-state index is 0.0191. The van der Waals surface area contributed by atoms with E-state index in [0.717, 1.165) is 23.0 Å². The van der Waals surface area contributed by atoms with Crippen LogP contribution in [0.15, 0.2) is 36.5 Å². The number of aromatic nitrogens is 1. The van der Waals surface area contributed by atoms with Crippen LogP contribution in [0.2, 0.25) is 0 Å². The standard InChI is InChI=1S/C14H14N2O2/c17-14(11-6-8-18-9-11)16-12-5-1-3-10-4-2-7-15-13(10)12/h1-5,7,11H,6,8-9H2,(H,16,17). The molecule has 1 aliphatic heterocycles. The summed E-state index contributed by atoms with van der Waals surface area (Å²) in [5.74, 6) is -0.0189. The second kappa shape index (κ2) is 4.74. The van der Waals surface area contributed by atoms with Crippen LogP contribution in [-0.4, -0.2) is 24.1 Å². The van der Waals surface area contributed by atoms with E-state index >= 15 is 0 Å². The first-order valence-corrected chi connectivity index (χ1v) is 6.07. The Morgan fingerprint density at radius 2 is 2.22 bits per heavy atom. The Kier molecular flexibility index (Phi) is 2.94. The maximum absolute atomic E-state index is 12.0. The van der Waals surface area contributed by atoms with E-state index in [1.165, 1.54) is 0 Å². The summed E-state index contributed by atoms with van der Waals surface area (Å²) < 4.78 is 5.23.